The Bertz CT molecular complexity index is 203. The van der Waals surface area contributed by atoms with Crippen molar-refractivity contribution >= 4 is 21.6 Å². The van der Waals surface area contributed by atoms with Crippen LogP contribution < -0.4 is 0 Å². The number of likely N-dealkylation sites (tertiary alicyclic amines) is 2. The maximum Gasteiger partial charge on any atom is 0.00491 e. The van der Waals surface area contributed by atoms with Crippen LogP contribution in [-0.4, -0.2) is 60.6 Å². The van der Waals surface area contributed by atoms with Crippen LogP contribution in [0.4, 0.5) is 0 Å². The lowest BCUT2D eigenvalue weighted by atomic mass is 10.1. The van der Waals surface area contributed by atoms with Gasteiger partial charge >= 0.3 is 0 Å². The second-order valence-electron chi connectivity index (χ2n) is 6.16. The highest BCUT2D eigenvalue weighted by atomic mass is 33.1. The van der Waals surface area contributed by atoms with Gasteiger partial charge in [0.25, 0.3) is 0 Å². The minimum atomic E-state index is 1.33. The fourth-order valence-electron chi connectivity index (χ4n) is 3.18. The number of rotatable bonds is 9. The molecule has 0 bridgehead atoms. The molecule has 0 aromatic carbocycles. The minimum absolute atomic E-state index is 1.33. The van der Waals surface area contributed by atoms with E-state index in [0.29, 0.717) is 0 Å². The predicted octanol–water partition coefficient (Wildman–Crippen LogP) is 4.12. The van der Waals surface area contributed by atoms with Crippen LogP contribution in [-0.2, 0) is 0 Å². The summed E-state index contributed by atoms with van der Waals surface area (Å²) >= 11 is 0. The summed E-state index contributed by atoms with van der Waals surface area (Å²) in [7, 11) is 4.20. The van der Waals surface area contributed by atoms with E-state index in [9.17, 15) is 0 Å². The first kappa shape index (κ1) is 17.0. The molecule has 0 aromatic rings. The van der Waals surface area contributed by atoms with Crippen LogP contribution in [0.5, 0.6) is 0 Å². The van der Waals surface area contributed by atoms with Gasteiger partial charge in [-0.1, -0.05) is 34.4 Å². The fourth-order valence-corrected chi connectivity index (χ4v) is 5.32. The summed E-state index contributed by atoms with van der Waals surface area (Å²) < 4.78 is 0. The first-order chi connectivity index (χ1) is 9.95. The van der Waals surface area contributed by atoms with Crippen LogP contribution in [0.25, 0.3) is 0 Å². The highest BCUT2D eigenvalue weighted by molar-refractivity contribution is 8.76. The summed E-state index contributed by atoms with van der Waals surface area (Å²) in [6.45, 7) is 8.09. The van der Waals surface area contributed by atoms with Gasteiger partial charge in [0, 0.05) is 11.5 Å². The third kappa shape index (κ3) is 7.58. The molecule has 4 heteroatoms. The van der Waals surface area contributed by atoms with Gasteiger partial charge in [0.15, 0.2) is 0 Å². The molecular formula is C16H32N2S2. The van der Waals surface area contributed by atoms with E-state index in [2.05, 4.69) is 31.4 Å². The molecule has 0 aliphatic carbocycles. The van der Waals surface area contributed by atoms with Gasteiger partial charge in [0.05, 0.1) is 0 Å². The Kier molecular flexibility index (Phi) is 9.53. The molecule has 0 amide bonds. The number of piperidine rings is 2. The number of hydrogen-bond acceptors (Lipinski definition) is 4. The second-order valence-corrected chi connectivity index (χ2v) is 8.86. The Morgan fingerprint density at radius 3 is 1.35 bits per heavy atom. The number of hydrogen-bond donors (Lipinski definition) is 0. The van der Waals surface area contributed by atoms with Gasteiger partial charge in [-0.3, -0.25) is 0 Å². The molecule has 20 heavy (non-hydrogen) atoms. The van der Waals surface area contributed by atoms with Gasteiger partial charge in [0.2, 0.25) is 0 Å². The molecule has 2 heterocycles. The Morgan fingerprint density at radius 1 is 0.550 bits per heavy atom. The first-order valence-corrected chi connectivity index (χ1v) is 11.1. The van der Waals surface area contributed by atoms with E-state index in [0.717, 1.165) is 0 Å². The van der Waals surface area contributed by atoms with Crippen LogP contribution in [0.3, 0.4) is 0 Å². The van der Waals surface area contributed by atoms with Crippen molar-refractivity contribution in [2.45, 2.75) is 51.4 Å². The van der Waals surface area contributed by atoms with Crippen molar-refractivity contribution in [3.05, 3.63) is 0 Å². The topological polar surface area (TPSA) is 6.48 Å². The molecule has 0 N–H and O–H groups in total. The van der Waals surface area contributed by atoms with E-state index in [-0.39, 0.29) is 0 Å². The van der Waals surface area contributed by atoms with Gasteiger partial charge in [-0.25, -0.2) is 0 Å². The normalized spacial score (nSPS) is 22.2. The monoisotopic (exact) mass is 316 g/mol. The zero-order valence-corrected chi connectivity index (χ0v) is 14.7. The Balaban J connectivity index is 1.33. The standard InChI is InChI=1S/C16H32N2S2/c1-3-9-17(10-4-1)13-7-15-19-20-16-8-14-18-11-5-2-6-12-18/h1-16H2. The lowest BCUT2D eigenvalue weighted by molar-refractivity contribution is 0.230. The average molecular weight is 317 g/mol. The van der Waals surface area contributed by atoms with E-state index >= 15 is 0 Å². The summed E-state index contributed by atoms with van der Waals surface area (Å²) in [6, 6.07) is 0. The van der Waals surface area contributed by atoms with Gasteiger partial charge in [-0.2, -0.15) is 0 Å². The molecule has 0 unspecified atom stereocenters. The molecule has 2 aliphatic rings. The zero-order valence-electron chi connectivity index (χ0n) is 13.0. The minimum Gasteiger partial charge on any atom is -0.303 e. The van der Waals surface area contributed by atoms with Crippen molar-refractivity contribution in [2.24, 2.45) is 0 Å². The molecule has 2 aliphatic heterocycles. The van der Waals surface area contributed by atoms with Crippen LogP contribution in [0.15, 0.2) is 0 Å². The Labute approximate surface area is 133 Å². The molecule has 2 saturated heterocycles. The molecule has 2 rings (SSSR count). The molecule has 0 radical (unpaired) electrons. The molecule has 0 aromatic heterocycles. The second kappa shape index (κ2) is 11.2. The van der Waals surface area contributed by atoms with Crippen molar-refractivity contribution in [3.8, 4) is 0 Å². The summed E-state index contributed by atoms with van der Waals surface area (Å²) in [6.07, 6.45) is 11.4. The average Bonchev–Trinajstić information content (AvgIpc) is 2.52. The zero-order chi connectivity index (χ0) is 13.9. The highest BCUT2D eigenvalue weighted by Crippen LogP contribution is 2.23. The molecular weight excluding hydrogens is 284 g/mol. The molecule has 2 fully saturated rings. The molecule has 0 saturated carbocycles. The van der Waals surface area contributed by atoms with E-state index in [1.165, 1.54) is 102 Å². The van der Waals surface area contributed by atoms with E-state index in [1.807, 2.05) is 0 Å². The highest BCUT2D eigenvalue weighted by Gasteiger charge is 2.10. The van der Waals surface area contributed by atoms with Crippen molar-refractivity contribution in [1.82, 2.24) is 9.80 Å². The van der Waals surface area contributed by atoms with E-state index in [1.54, 1.807) is 0 Å². The summed E-state index contributed by atoms with van der Waals surface area (Å²) in [5.41, 5.74) is 0. The van der Waals surface area contributed by atoms with Crippen LogP contribution >= 0.6 is 21.6 Å². The molecule has 118 valence electrons. The van der Waals surface area contributed by atoms with Crippen LogP contribution in [0.1, 0.15) is 51.4 Å². The van der Waals surface area contributed by atoms with Gasteiger partial charge in [-0.15, -0.1) is 0 Å². The first-order valence-electron chi connectivity index (χ1n) is 8.64. The maximum absolute atomic E-state index is 2.66. The predicted molar refractivity (Wildman–Crippen MR) is 94.7 cm³/mol. The quantitative estimate of drug-likeness (QED) is 0.466. The lowest BCUT2D eigenvalue weighted by Gasteiger charge is -2.26. The smallest absolute Gasteiger partial charge is 0.00491 e. The van der Waals surface area contributed by atoms with Gasteiger partial charge in [-0.05, 0) is 77.8 Å². The van der Waals surface area contributed by atoms with E-state index < -0.39 is 0 Å². The molecule has 2 nitrogen and oxygen atoms in total. The summed E-state index contributed by atoms with van der Waals surface area (Å²) in [4.78, 5) is 5.32. The van der Waals surface area contributed by atoms with Crippen molar-refractivity contribution < 1.29 is 0 Å². The SMILES string of the molecule is C1CCN(CCCSSCCCN2CCCCC2)CC1. The van der Waals surface area contributed by atoms with Crippen molar-refractivity contribution in [3.63, 3.8) is 0 Å². The summed E-state index contributed by atoms with van der Waals surface area (Å²) in [5.74, 6) is 2.68. The third-order valence-electron chi connectivity index (χ3n) is 4.38. The van der Waals surface area contributed by atoms with Gasteiger partial charge < -0.3 is 9.80 Å². The number of nitrogens with zero attached hydrogens (tertiary/aromatic N) is 2. The van der Waals surface area contributed by atoms with Crippen LogP contribution in [0.2, 0.25) is 0 Å². The van der Waals surface area contributed by atoms with E-state index in [4.69, 9.17) is 0 Å². The van der Waals surface area contributed by atoms with Crippen LogP contribution in [0, 0.1) is 0 Å². The Morgan fingerprint density at radius 2 is 0.950 bits per heavy atom. The lowest BCUT2D eigenvalue weighted by Crippen LogP contribution is -2.30. The summed E-state index contributed by atoms with van der Waals surface area (Å²) in [5, 5.41) is 0. The fraction of sp³-hybridized carbons (Fsp3) is 1.00. The van der Waals surface area contributed by atoms with Crippen molar-refractivity contribution in [1.29, 1.82) is 0 Å². The molecule has 0 spiro atoms. The maximum atomic E-state index is 2.66. The van der Waals surface area contributed by atoms with Gasteiger partial charge in [0.1, 0.15) is 0 Å². The largest absolute Gasteiger partial charge is 0.303 e. The molecule has 0 atom stereocenters. The van der Waals surface area contributed by atoms with Crippen molar-refractivity contribution in [2.75, 3.05) is 50.8 Å². The Hall–Kier alpha value is 0.620. The third-order valence-corrected chi connectivity index (χ3v) is 6.96.